The Hall–Kier alpha value is -9.24. The lowest BCUT2D eigenvalue weighted by molar-refractivity contribution is -0.138. The van der Waals surface area contributed by atoms with E-state index in [1.807, 2.05) is 54.0 Å². The molecule has 0 fully saturated rings. The van der Waals surface area contributed by atoms with Crippen molar-refractivity contribution in [2.45, 2.75) is 77.9 Å². The minimum absolute atomic E-state index is 0.0579. The fourth-order valence-corrected chi connectivity index (χ4v) is 9.75. The maximum atomic E-state index is 14.0. The number of alkyl halides is 6. The lowest BCUT2D eigenvalue weighted by atomic mass is 9.96. The summed E-state index contributed by atoms with van der Waals surface area (Å²) >= 11 is 5.99. The average Bonchev–Trinajstić information content (AvgIpc) is 1.04. The van der Waals surface area contributed by atoms with Crippen molar-refractivity contribution in [3.8, 4) is 0 Å². The van der Waals surface area contributed by atoms with Gasteiger partial charge < -0.3 is 24.3 Å². The van der Waals surface area contributed by atoms with Crippen molar-refractivity contribution in [3.63, 3.8) is 0 Å². The number of carbonyl (C=O) groups is 3. The monoisotopic (exact) mass is 1170 g/mol. The number of pyridine rings is 4. The van der Waals surface area contributed by atoms with Crippen LogP contribution in [0, 0.1) is 5.82 Å². The molecule has 1 atom stereocenters. The molecule has 434 valence electrons. The lowest BCUT2D eigenvalue weighted by Gasteiger charge is -2.26. The second kappa shape index (κ2) is 26.3. The molecule has 0 spiro atoms. The molecule has 3 N–H and O–H groups in total. The number of benzene rings is 5. The fourth-order valence-electron chi connectivity index (χ4n) is 9.56. The van der Waals surface area contributed by atoms with E-state index in [-0.39, 0.29) is 38.9 Å². The molecule has 84 heavy (non-hydrogen) atoms. The highest BCUT2D eigenvalue weighted by Crippen LogP contribution is 2.33. The van der Waals surface area contributed by atoms with Crippen molar-refractivity contribution < 1.29 is 45.1 Å². The zero-order valence-corrected chi connectivity index (χ0v) is 46.1. The Morgan fingerprint density at radius 1 is 0.643 bits per heavy atom. The number of amides is 3. The first-order valence-corrected chi connectivity index (χ1v) is 26.9. The van der Waals surface area contributed by atoms with E-state index in [4.69, 9.17) is 11.6 Å². The predicted molar refractivity (Wildman–Crippen MR) is 308 cm³/mol. The van der Waals surface area contributed by atoms with E-state index in [0.717, 1.165) is 59.3 Å². The van der Waals surface area contributed by atoms with E-state index in [1.54, 1.807) is 61.3 Å². The number of hydrazone groups is 1. The van der Waals surface area contributed by atoms with Crippen LogP contribution in [-0.2, 0) is 44.7 Å². The molecule has 0 aliphatic carbocycles. The smallest absolute Gasteiger partial charge is 0.352 e. The van der Waals surface area contributed by atoms with Crippen molar-refractivity contribution in [3.05, 3.63) is 238 Å². The van der Waals surface area contributed by atoms with Gasteiger partial charge in [0.05, 0.1) is 33.9 Å². The van der Waals surface area contributed by atoms with Crippen LogP contribution in [0.3, 0.4) is 0 Å². The Bertz CT molecular complexity index is 4150. The molecule has 1 unspecified atom stereocenters. The van der Waals surface area contributed by atoms with Gasteiger partial charge in [-0.3, -0.25) is 33.8 Å². The van der Waals surface area contributed by atoms with Crippen LogP contribution in [0.5, 0.6) is 0 Å². The summed E-state index contributed by atoms with van der Waals surface area (Å²) in [6.07, 6.45) is 2.67. The largest absolute Gasteiger partial charge is 0.416 e. The van der Waals surface area contributed by atoms with Crippen LogP contribution >= 0.6 is 11.6 Å². The summed E-state index contributed by atoms with van der Waals surface area (Å²) in [6.45, 7) is 7.07. The summed E-state index contributed by atoms with van der Waals surface area (Å²) in [6, 6.07) is 28.8. The molecular weight excluding hydrogens is 1120 g/mol. The molecular formula is C62H54ClF7N8O6. The van der Waals surface area contributed by atoms with Gasteiger partial charge >= 0.3 is 12.4 Å². The van der Waals surface area contributed by atoms with E-state index < -0.39 is 63.3 Å². The third kappa shape index (κ3) is 14.1. The van der Waals surface area contributed by atoms with Crippen molar-refractivity contribution in [1.29, 1.82) is 0 Å². The first kappa shape index (κ1) is 60.8. The molecule has 3 amide bonds. The zero-order chi connectivity index (χ0) is 60.5. The van der Waals surface area contributed by atoms with Gasteiger partial charge in [-0.25, -0.2) is 9.82 Å². The Morgan fingerprint density at radius 2 is 1.14 bits per heavy atom. The van der Waals surface area contributed by atoms with E-state index in [0.29, 0.717) is 60.6 Å². The first-order chi connectivity index (χ1) is 40.1. The van der Waals surface area contributed by atoms with Gasteiger partial charge in [0.2, 0.25) is 16.3 Å². The number of nitrogens with zero attached hydrogens (tertiary/aromatic N) is 5. The molecule has 5 heterocycles. The molecule has 5 aromatic carbocycles. The highest BCUT2D eigenvalue weighted by Gasteiger charge is 2.33. The molecule has 0 radical (unpaired) electrons. The van der Waals surface area contributed by atoms with Crippen molar-refractivity contribution in [1.82, 2.24) is 34.7 Å². The second-order valence-electron chi connectivity index (χ2n) is 19.5. The maximum absolute atomic E-state index is 14.0. The van der Waals surface area contributed by atoms with E-state index >= 15 is 0 Å². The molecule has 0 saturated carbocycles. The van der Waals surface area contributed by atoms with Gasteiger partial charge in [-0.15, -0.1) is 0 Å². The molecule has 1 aliphatic heterocycles. The average molecular weight is 1180 g/mol. The first-order valence-electron chi connectivity index (χ1n) is 26.5. The number of aromatic nitrogens is 4. The van der Waals surface area contributed by atoms with Crippen molar-refractivity contribution in [2.75, 3.05) is 13.1 Å². The zero-order valence-electron chi connectivity index (χ0n) is 45.4. The fraction of sp³-hybridized carbons (Fsp3) is 0.226. The molecule has 0 bridgehead atoms. The molecule has 22 heteroatoms. The number of rotatable bonds is 13. The molecule has 0 saturated heterocycles. The highest BCUT2D eigenvalue weighted by molar-refractivity contribution is 6.33. The summed E-state index contributed by atoms with van der Waals surface area (Å²) in [4.78, 5) is 79.8. The number of halogens is 8. The van der Waals surface area contributed by atoms with E-state index in [9.17, 15) is 59.5 Å². The van der Waals surface area contributed by atoms with Gasteiger partial charge in [-0.1, -0.05) is 60.1 Å². The van der Waals surface area contributed by atoms with Crippen LogP contribution in [0.2, 0.25) is 5.02 Å². The molecule has 1 aliphatic rings. The Balaban J connectivity index is 0.000000164. The predicted octanol–water partition coefficient (Wildman–Crippen LogP) is 11.5. The van der Waals surface area contributed by atoms with Gasteiger partial charge in [-0.2, -0.15) is 31.4 Å². The van der Waals surface area contributed by atoms with E-state index in [1.165, 1.54) is 47.4 Å². The lowest BCUT2D eigenvalue weighted by Crippen LogP contribution is -2.32. The SMILES string of the molecule is CC1CCc2cc(F)cc3c(=O)c(C(=O)NCCc4ccncc4)cn1c23.CCn1cc(C(=O)N/N=C\c2ccccc2Cl)c(=O)c2cc(C(F)(F)F)ccc21.CCn1cc(C(=O)NCCc2ccccc2)c(=O)c2cc(C(F)(F)F)ccc21. The topological polar surface area (TPSA) is 179 Å². The third-order valence-corrected chi connectivity index (χ3v) is 14.3. The summed E-state index contributed by atoms with van der Waals surface area (Å²) < 4.78 is 97.2. The number of hydrogen-bond acceptors (Lipinski definition) is 8. The molecule has 14 nitrogen and oxygen atoms in total. The van der Waals surface area contributed by atoms with Gasteiger partial charge in [0.25, 0.3) is 17.7 Å². The Labute approximate surface area is 480 Å². The Morgan fingerprint density at radius 3 is 1.68 bits per heavy atom. The normalized spacial score (nSPS) is 13.0. The van der Waals surface area contributed by atoms with Crippen LogP contribution < -0.4 is 32.3 Å². The van der Waals surface area contributed by atoms with Crippen molar-refractivity contribution in [2.24, 2.45) is 5.10 Å². The third-order valence-electron chi connectivity index (χ3n) is 14.0. The summed E-state index contributed by atoms with van der Waals surface area (Å²) in [5.41, 5.74) is 2.86. The van der Waals surface area contributed by atoms with Gasteiger partial charge in [0.15, 0.2) is 0 Å². The number of hydrogen-bond donors (Lipinski definition) is 3. The van der Waals surface area contributed by atoms with E-state index in [2.05, 4.69) is 26.1 Å². The van der Waals surface area contributed by atoms with Crippen LogP contribution in [0.1, 0.15) is 97.7 Å². The number of fused-ring (bicyclic) bond motifs is 2. The maximum Gasteiger partial charge on any atom is 0.416 e. The van der Waals surface area contributed by atoms with Gasteiger partial charge in [-0.05, 0) is 130 Å². The highest BCUT2D eigenvalue weighted by atomic mass is 35.5. The van der Waals surface area contributed by atoms with Crippen LogP contribution in [0.15, 0.2) is 166 Å². The van der Waals surface area contributed by atoms with Crippen LogP contribution in [0.4, 0.5) is 30.7 Å². The van der Waals surface area contributed by atoms with Gasteiger partial charge in [0, 0.05) is 89.9 Å². The summed E-state index contributed by atoms with van der Waals surface area (Å²) in [5, 5.41) is 9.64. The summed E-state index contributed by atoms with van der Waals surface area (Å²) in [7, 11) is 0. The van der Waals surface area contributed by atoms with Crippen LogP contribution in [0.25, 0.3) is 32.7 Å². The minimum atomic E-state index is -4.60. The quantitative estimate of drug-likeness (QED) is 0.0584. The number of carbonyl (C=O) groups excluding carboxylic acids is 3. The number of nitrogens with one attached hydrogen (secondary N) is 3. The molecule has 10 rings (SSSR count). The van der Waals surface area contributed by atoms with Gasteiger partial charge in [0.1, 0.15) is 22.5 Å². The molecule has 9 aromatic rings. The van der Waals surface area contributed by atoms with Crippen molar-refractivity contribution >= 4 is 68.2 Å². The molecule has 4 aromatic heterocycles. The Kier molecular flexibility index (Phi) is 19.1. The van der Waals surface area contributed by atoms with Crippen LogP contribution in [-0.4, -0.2) is 55.7 Å². The minimum Gasteiger partial charge on any atom is -0.352 e. The standard InChI is InChI=1S/C21H19F3N2O2.C21H20FN3O2.C20H15ClF3N3O2/c1-2-26-13-17(20(28)25-11-10-14-6-4-3-5-7-14)19(27)16-12-15(21(22,23)24)8-9-18(16)26;1-13-2-3-15-10-16(22)11-17-19(15)25(13)12-18(20(17)26)21(27)24-9-6-14-4-7-23-8-5-14;1-2-27-11-15(19(29)26-25-10-12-5-3-4-6-16(12)21)18(28)14-9-13(20(22,23)24)7-8-17(14)27/h3-9,12-13H,2,10-11H2,1H3,(H,25,28);4-5,7-8,10-13H,2-3,6,9H2,1H3,(H,24,27);3-11H,2H2,1H3,(H,26,29)/b;;25-10-. The second-order valence-corrected chi connectivity index (χ2v) is 19.9. The number of aryl methyl sites for hydroxylation is 3. The summed E-state index contributed by atoms with van der Waals surface area (Å²) in [5.74, 6) is -2.29.